The Morgan fingerprint density at radius 3 is 2.39 bits per heavy atom. The van der Waals surface area contributed by atoms with Gasteiger partial charge in [0, 0.05) is 17.0 Å². The monoisotopic (exact) mass is 406 g/mol. The number of hydrogen-bond donors (Lipinski definition) is 1. The zero-order valence-electron chi connectivity index (χ0n) is 16.8. The van der Waals surface area contributed by atoms with Crippen molar-refractivity contribution in [3.05, 3.63) is 42.1 Å². The fourth-order valence-corrected chi connectivity index (χ4v) is 3.81. The number of nitrogens with zero attached hydrogens (tertiary/aromatic N) is 1. The van der Waals surface area contributed by atoms with Crippen LogP contribution >= 0.6 is 12.2 Å². The van der Waals surface area contributed by atoms with Crippen molar-refractivity contribution in [3.8, 4) is 0 Å². The number of halogens is 1. The molecule has 0 spiro atoms. The molecule has 1 aromatic carbocycles. The van der Waals surface area contributed by atoms with Crippen molar-refractivity contribution in [1.29, 1.82) is 0 Å². The molecule has 2 unspecified atom stereocenters. The fourth-order valence-electron chi connectivity index (χ4n) is 3.54. The maximum atomic E-state index is 14.5. The molecule has 0 aromatic heterocycles. The van der Waals surface area contributed by atoms with Gasteiger partial charge in [0.2, 0.25) is 11.6 Å². The minimum absolute atomic E-state index is 0.233. The second-order valence-corrected chi connectivity index (χ2v) is 8.44. The van der Waals surface area contributed by atoms with E-state index in [0.29, 0.717) is 19.5 Å². The minimum atomic E-state index is -0.893. The number of aliphatic hydroxyl groups excluding tert-OH is 1. The Bertz CT molecular complexity index is 728. The first-order valence-electron chi connectivity index (χ1n) is 9.84. The van der Waals surface area contributed by atoms with Crippen molar-refractivity contribution in [2.45, 2.75) is 58.4 Å². The molecule has 0 amide bonds. The number of ketones is 2. The smallest absolute Gasteiger partial charge is 0.204 e. The molecule has 1 saturated heterocycles. The summed E-state index contributed by atoms with van der Waals surface area (Å²) in [7, 11) is 0. The summed E-state index contributed by atoms with van der Waals surface area (Å²) in [5.74, 6) is -2.48. The molecular weight excluding hydrogens is 377 g/mol. The Labute approximate surface area is 172 Å². The van der Waals surface area contributed by atoms with E-state index in [-0.39, 0.29) is 10.6 Å². The van der Waals surface area contributed by atoms with Gasteiger partial charge in [0.1, 0.15) is 5.82 Å². The summed E-state index contributed by atoms with van der Waals surface area (Å²) in [4.78, 5) is 27.5. The third-order valence-electron chi connectivity index (χ3n) is 5.70. The second-order valence-electron chi connectivity index (χ2n) is 8.02. The van der Waals surface area contributed by atoms with Crippen molar-refractivity contribution in [2.75, 3.05) is 13.1 Å². The van der Waals surface area contributed by atoms with Crippen LogP contribution in [0.25, 0.3) is 0 Å². The van der Waals surface area contributed by atoms with Crippen molar-refractivity contribution in [3.63, 3.8) is 0 Å². The zero-order valence-corrected chi connectivity index (χ0v) is 17.6. The zero-order chi connectivity index (χ0) is 20.9. The van der Waals surface area contributed by atoms with E-state index in [1.54, 1.807) is 32.0 Å². The highest BCUT2D eigenvalue weighted by atomic mass is 32.1. The lowest BCUT2D eigenvalue weighted by Gasteiger charge is -2.38. The summed E-state index contributed by atoms with van der Waals surface area (Å²) >= 11 is 5.06. The highest BCUT2D eigenvalue weighted by Crippen LogP contribution is 2.32. The largest absolute Gasteiger partial charge is 0.501 e. The molecular formula is C22H29FNO3S. The van der Waals surface area contributed by atoms with Crippen LogP contribution in [0.5, 0.6) is 0 Å². The normalized spacial score (nSPS) is 17.7. The van der Waals surface area contributed by atoms with Crippen LogP contribution in [0.3, 0.4) is 0 Å². The molecule has 0 saturated carbocycles. The van der Waals surface area contributed by atoms with E-state index in [1.807, 2.05) is 11.8 Å². The molecule has 1 radical (unpaired) electrons. The van der Waals surface area contributed by atoms with E-state index >= 15 is 0 Å². The Hall–Kier alpha value is -1.66. The van der Waals surface area contributed by atoms with E-state index in [9.17, 15) is 19.1 Å². The first kappa shape index (κ1) is 22.6. The molecule has 1 N–H and O–H groups in total. The molecule has 1 aromatic rings. The molecule has 1 aliphatic rings. The van der Waals surface area contributed by atoms with Gasteiger partial charge in [-0.05, 0) is 50.6 Å². The van der Waals surface area contributed by atoms with E-state index in [2.05, 4.69) is 0 Å². The van der Waals surface area contributed by atoms with Gasteiger partial charge in [-0.25, -0.2) is 4.39 Å². The summed E-state index contributed by atoms with van der Waals surface area (Å²) in [5.41, 5.74) is -0.537. The lowest BCUT2D eigenvalue weighted by Crippen LogP contribution is -2.48. The van der Waals surface area contributed by atoms with Crippen LogP contribution in [0.4, 0.5) is 4.39 Å². The average molecular weight is 407 g/mol. The van der Waals surface area contributed by atoms with Gasteiger partial charge < -0.3 is 5.11 Å². The van der Waals surface area contributed by atoms with Crippen molar-refractivity contribution in [1.82, 2.24) is 4.90 Å². The molecule has 2 atom stereocenters. The van der Waals surface area contributed by atoms with Crippen molar-refractivity contribution >= 4 is 28.8 Å². The van der Waals surface area contributed by atoms with Crippen LogP contribution in [0.2, 0.25) is 0 Å². The quantitative estimate of drug-likeness (QED) is 0.486. The summed E-state index contributed by atoms with van der Waals surface area (Å²) < 4.78 is 14.5. The molecule has 1 fully saturated rings. The third-order valence-corrected chi connectivity index (χ3v) is 5.96. The van der Waals surface area contributed by atoms with Gasteiger partial charge in [-0.15, -0.1) is 0 Å². The predicted molar refractivity (Wildman–Crippen MR) is 112 cm³/mol. The van der Waals surface area contributed by atoms with Gasteiger partial charge in [-0.2, -0.15) is 0 Å². The number of likely N-dealkylation sites (tertiary alicyclic amines) is 1. The highest BCUT2D eigenvalue weighted by molar-refractivity contribution is 7.80. The lowest BCUT2D eigenvalue weighted by molar-refractivity contribution is -0.140. The van der Waals surface area contributed by atoms with E-state index < -0.39 is 34.8 Å². The first-order chi connectivity index (χ1) is 13.2. The second kappa shape index (κ2) is 9.70. The molecule has 6 heteroatoms. The van der Waals surface area contributed by atoms with Gasteiger partial charge in [0.15, 0.2) is 5.05 Å². The molecule has 1 aliphatic heterocycles. The minimum Gasteiger partial charge on any atom is -0.501 e. The number of Topliss-reactive ketones (excluding diaryl/α,β-unsaturated/α-hetero) is 2. The molecule has 153 valence electrons. The fraction of sp³-hybridized carbons (Fsp3) is 0.545. The first-order valence-corrected chi connectivity index (χ1v) is 10.2. The Balaban J connectivity index is 2.40. The Morgan fingerprint density at radius 1 is 1.25 bits per heavy atom. The topological polar surface area (TPSA) is 57.6 Å². The number of piperidine rings is 1. The molecule has 2 rings (SSSR count). The maximum absolute atomic E-state index is 14.5. The molecule has 0 bridgehead atoms. The summed E-state index contributed by atoms with van der Waals surface area (Å²) in [6.45, 7) is 6.74. The average Bonchev–Trinajstić information content (AvgIpc) is 2.68. The molecule has 0 aliphatic carbocycles. The maximum Gasteiger partial charge on any atom is 0.204 e. The van der Waals surface area contributed by atoms with Crippen LogP contribution in [-0.2, 0) is 9.59 Å². The number of carbonyl (C=O) groups excluding carboxylic acids is 2. The number of rotatable bonds is 9. The van der Waals surface area contributed by atoms with Gasteiger partial charge in [-0.3, -0.25) is 14.5 Å². The van der Waals surface area contributed by atoms with Gasteiger partial charge >= 0.3 is 0 Å². The molecule has 28 heavy (non-hydrogen) atoms. The van der Waals surface area contributed by atoms with Crippen LogP contribution in [0.1, 0.15) is 57.9 Å². The van der Waals surface area contributed by atoms with Crippen molar-refractivity contribution in [2.24, 2.45) is 5.41 Å². The van der Waals surface area contributed by atoms with Crippen LogP contribution in [0.15, 0.2) is 24.3 Å². The van der Waals surface area contributed by atoms with E-state index in [1.165, 1.54) is 12.5 Å². The number of hydrogen-bond acceptors (Lipinski definition) is 4. The summed E-state index contributed by atoms with van der Waals surface area (Å²) in [6.07, 6.45) is 4.83. The summed E-state index contributed by atoms with van der Waals surface area (Å²) in [5, 5.41) is 9.89. The Morgan fingerprint density at radius 2 is 1.86 bits per heavy atom. The van der Waals surface area contributed by atoms with Crippen LogP contribution in [0, 0.1) is 17.7 Å². The van der Waals surface area contributed by atoms with Crippen LogP contribution < -0.4 is 0 Å². The summed E-state index contributed by atoms with van der Waals surface area (Å²) in [6, 6.07) is 5.44. The van der Waals surface area contributed by atoms with E-state index in [0.717, 1.165) is 19.3 Å². The SMILES string of the molecule is CCC(C)(C)C(=O)C(=O)[CH]C(C(C(O)=S)c1ccccc1F)N1CCCCC1. The van der Waals surface area contributed by atoms with Gasteiger partial charge in [-0.1, -0.05) is 45.4 Å². The van der Waals surface area contributed by atoms with Crippen molar-refractivity contribution < 1.29 is 19.1 Å². The highest BCUT2D eigenvalue weighted by Gasteiger charge is 2.39. The molecule has 1 heterocycles. The lowest BCUT2D eigenvalue weighted by atomic mass is 9.79. The predicted octanol–water partition coefficient (Wildman–Crippen LogP) is 4.43. The number of carbonyl (C=O) groups is 2. The Kier molecular flexibility index (Phi) is 7.84. The van der Waals surface area contributed by atoms with Gasteiger partial charge in [0.05, 0.1) is 12.3 Å². The number of aliphatic hydroxyl groups is 1. The number of benzene rings is 1. The third kappa shape index (κ3) is 5.23. The standard InChI is InChI=1S/C22H29FNO3S/c1-4-22(2,3)20(26)18(25)14-17(24-12-8-5-9-13-24)19(21(27)28)15-10-6-7-11-16(15)23/h6-7,10-11,14,17,19H,4-5,8-9,12-13H2,1-3H3,(H,27,28). The molecule has 4 nitrogen and oxygen atoms in total. The van der Waals surface area contributed by atoms with E-state index in [4.69, 9.17) is 12.2 Å². The van der Waals surface area contributed by atoms with Gasteiger partial charge in [0.25, 0.3) is 0 Å². The van der Waals surface area contributed by atoms with Crippen LogP contribution in [-0.4, -0.2) is 45.8 Å². The number of thiocarbonyl (C=S) groups is 1.